The van der Waals surface area contributed by atoms with E-state index < -0.39 is 5.97 Å². The monoisotopic (exact) mass is 525 g/mol. The van der Waals surface area contributed by atoms with E-state index in [-0.39, 0.29) is 12.2 Å². The lowest BCUT2D eigenvalue weighted by atomic mass is 10.0. The van der Waals surface area contributed by atoms with Crippen LogP contribution in [0.15, 0.2) is 6.08 Å². The van der Waals surface area contributed by atoms with Crippen LogP contribution < -0.4 is 9.84 Å². The summed E-state index contributed by atoms with van der Waals surface area (Å²) in [6.45, 7) is 9.91. The second-order valence-corrected chi connectivity index (χ2v) is 10.2. The highest BCUT2D eigenvalue weighted by Crippen LogP contribution is 2.32. The first kappa shape index (κ1) is 32.0. The molecule has 9 heteroatoms. The first-order valence-electron chi connectivity index (χ1n) is 13.6. The van der Waals surface area contributed by atoms with Crippen molar-refractivity contribution in [2.24, 2.45) is 0 Å². The third kappa shape index (κ3) is 12.3. The van der Waals surface area contributed by atoms with E-state index in [1.807, 2.05) is 0 Å². The molecular formula is C27H47N3O5S. The lowest BCUT2D eigenvalue weighted by Crippen LogP contribution is -2.56. The molecule has 0 N–H and O–H groups in total. The second-order valence-electron chi connectivity index (χ2n) is 9.71. The predicted molar refractivity (Wildman–Crippen MR) is 142 cm³/mol. The van der Waals surface area contributed by atoms with E-state index in [1.165, 1.54) is 50.3 Å². The van der Waals surface area contributed by atoms with Crippen molar-refractivity contribution in [2.45, 2.75) is 111 Å². The number of carbonyl (C=O) groups excluding carboxylic acids is 2. The van der Waals surface area contributed by atoms with E-state index in [0.717, 1.165) is 63.4 Å². The molecule has 0 radical (unpaired) electrons. The summed E-state index contributed by atoms with van der Waals surface area (Å²) in [7, 11) is 2.20. The van der Waals surface area contributed by atoms with Gasteiger partial charge in [-0.3, -0.25) is 9.28 Å². The lowest BCUT2D eigenvalue weighted by molar-refractivity contribution is -0.947. The molecule has 2 unspecified atom stereocenters. The molecule has 0 saturated heterocycles. The molecule has 0 amide bonds. The number of nitrogens with zero attached hydrogens (tertiary/aromatic N) is 3. The van der Waals surface area contributed by atoms with Crippen LogP contribution in [0.2, 0.25) is 0 Å². The maximum Gasteiger partial charge on any atom is 0.310 e. The third-order valence-corrected chi connectivity index (χ3v) is 6.87. The van der Waals surface area contributed by atoms with E-state index in [4.69, 9.17) is 19.4 Å². The topological polar surface area (TPSA) is 101 Å². The molecule has 0 fully saturated rings. The fraction of sp³-hybridized carbons (Fsp3) is 0.778. The van der Waals surface area contributed by atoms with Crippen molar-refractivity contribution in [3.8, 4) is 5.88 Å². The number of unbranched alkanes of at least 4 members (excludes halogenated alkanes) is 7. The molecule has 0 spiro atoms. The van der Waals surface area contributed by atoms with Gasteiger partial charge in [0.15, 0.2) is 0 Å². The van der Waals surface area contributed by atoms with E-state index in [0.29, 0.717) is 23.4 Å². The Morgan fingerprint density at radius 1 is 1.06 bits per heavy atom. The molecule has 0 saturated carbocycles. The Morgan fingerprint density at radius 2 is 1.69 bits per heavy atom. The fourth-order valence-corrected chi connectivity index (χ4v) is 4.92. The summed E-state index contributed by atoms with van der Waals surface area (Å²) in [6, 6.07) is 0. The number of aliphatic carboxylic acids is 1. The van der Waals surface area contributed by atoms with Crippen molar-refractivity contribution in [1.82, 2.24) is 8.75 Å². The highest BCUT2D eigenvalue weighted by atomic mass is 32.1. The van der Waals surface area contributed by atoms with Crippen molar-refractivity contribution in [3.05, 3.63) is 11.8 Å². The van der Waals surface area contributed by atoms with E-state index >= 15 is 0 Å². The second kappa shape index (κ2) is 18.3. The zero-order chi connectivity index (χ0) is 26.8. The van der Waals surface area contributed by atoms with Gasteiger partial charge in [-0.15, -0.1) is 4.37 Å². The van der Waals surface area contributed by atoms with E-state index in [1.54, 1.807) is 0 Å². The van der Waals surface area contributed by atoms with Crippen molar-refractivity contribution in [2.75, 3.05) is 26.7 Å². The van der Waals surface area contributed by atoms with Gasteiger partial charge in [-0.05, 0) is 19.8 Å². The van der Waals surface area contributed by atoms with Gasteiger partial charge in [-0.2, -0.15) is 4.37 Å². The van der Waals surface area contributed by atoms with Gasteiger partial charge in [0.2, 0.25) is 6.23 Å². The van der Waals surface area contributed by atoms with Gasteiger partial charge in [0, 0.05) is 30.8 Å². The molecule has 1 aromatic rings. The van der Waals surface area contributed by atoms with Gasteiger partial charge in [-0.25, -0.2) is 0 Å². The maximum atomic E-state index is 12.5. The van der Waals surface area contributed by atoms with Crippen LogP contribution in [-0.4, -0.2) is 58.1 Å². The SMILES string of the molecule is CC(=O)[O-].CCCCCCCC(=O)OC(CC)[N+]1(C)CCC=C(c2nsnc2OCCCCCC)C1. The molecule has 2 rings (SSSR count). The molecule has 8 nitrogen and oxygen atoms in total. The molecular weight excluding hydrogens is 478 g/mol. The maximum absolute atomic E-state index is 12.5. The summed E-state index contributed by atoms with van der Waals surface area (Å²) >= 11 is 1.21. The zero-order valence-electron chi connectivity index (χ0n) is 23.1. The van der Waals surface area contributed by atoms with E-state index in [2.05, 4.69) is 42.6 Å². The van der Waals surface area contributed by atoms with Crippen molar-refractivity contribution >= 4 is 29.2 Å². The number of carboxylic acids is 1. The third-order valence-electron chi connectivity index (χ3n) is 6.36. The Morgan fingerprint density at radius 3 is 2.33 bits per heavy atom. The highest BCUT2D eigenvalue weighted by molar-refractivity contribution is 6.99. The predicted octanol–water partition coefficient (Wildman–Crippen LogP) is 5.13. The number of rotatable bonds is 16. The summed E-state index contributed by atoms with van der Waals surface area (Å²) in [5, 5.41) is 8.89. The summed E-state index contributed by atoms with van der Waals surface area (Å²) < 4.78 is 21.6. The molecule has 0 aromatic carbocycles. The summed E-state index contributed by atoms with van der Waals surface area (Å²) in [4.78, 5) is 21.4. The molecule has 1 aliphatic heterocycles. The Hall–Kier alpha value is -2.00. The Bertz CT molecular complexity index is 794. The number of carbonyl (C=O) groups is 2. The minimum atomic E-state index is -1.08. The fourth-order valence-electron chi connectivity index (χ4n) is 4.39. The first-order chi connectivity index (χ1) is 17.3. The van der Waals surface area contributed by atoms with Crippen molar-refractivity contribution < 1.29 is 28.7 Å². The number of aromatic nitrogens is 2. The quantitative estimate of drug-likeness (QED) is 0.168. The summed E-state index contributed by atoms with van der Waals surface area (Å²) in [5.74, 6) is -0.487. The molecule has 36 heavy (non-hydrogen) atoms. The smallest absolute Gasteiger partial charge is 0.310 e. The summed E-state index contributed by atoms with van der Waals surface area (Å²) in [6.07, 6.45) is 14.8. The number of likely N-dealkylation sites (N-methyl/N-ethyl adjacent to an activating group) is 1. The first-order valence-corrected chi connectivity index (χ1v) is 14.4. The van der Waals surface area contributed by atoms with Crippen LogP contribution in [0.25, 0.3) is 5.57 Å². The van der Waals surface area contributed by atoms with Crippen LogP contribution in [0.1, 0.15) is 110 Å². The van der Waals surface area contributed by atoms with Gasteiger partial charge in [0.05, 0.1) is 31.9 Å². The van der Waals surface area contributed by atoms with Gasteiger partial charge >= 0.3 is 5.97 Å². The summed E-state index contributed by atoms with van der Waals surface area (Å²) in [5.41, 5.74) is 2.02. The van der Waals surface area contributed by atoms with Gasteiger partial charge in [0.25, 0.3) is 5.88 Å². The van der Waals surface area contributed by atoms with Crippen LogP contribution in [0.3, 0.4) is 0 Å². The van der Waals surface area contributed by atoms with Crippen molar-refractivity contribution in [1.29, 1.82) is 0 Å². The Balaban J connectivity index is 0.00000150. The van der Waals surface area contributed by atoms with Crippen LogP contribution in [0, 0.1) is 0 Å². The van der Waals surface area contributed by atoms with Gasteiger partial charge in [0.1, 0.15) is 12.2 Å². The molecule has 2 atom stereocenters. The number of carboxylic acid groups (broad SMARTS) is 1. The zero-order valence-corrected chi connectivity index (χ0v) is 23.9. The number of ether oxygens (including phenoxy) is 2. The number of esters is 1. The van der Waals surface area contributed by atoms with E-state index in [9.17, 15) is 4.79 Å². The Kier molecular flexibility index (Phi) is 16.3. The minimum Gasteiger partial charge on any atom is -0.550 e. The Labute approximate surface area is 222 Å². The molecule has 206 valence electrons. The van der Waals surface area contributed by atoms with Crippen LogP contribution >= 0.6 is 11.7 Å². The molecule has 1 aromatic heterocycles. The van der Waals surface area contributed by atoms with Crippen molar-refractivity contribution in [3.63, 3.8) is 0 Å². The molecule has 2 heterocycles. The average molecular weight is 526 g/mol. The van der Waals surface area contributed by atoms with Gasteiger partial charge in [-0.1, -0.05) is 71.8 Å². The number of quaternary nitrogens is 1. The van der Waals surface area contributed by atoms with Gasteiger partial charge < -0.3 is 19.4 Å². The van der Waals surface area contributed by atoms with Crippen LogP contribution in [-0.2, 0) is 14.3 Å². The average Bonchev–Trinajstić information content (AvgIpc) is 3.30. The molecule has 0 bridgehead atoms. The molecule has 0 aliphatic carbocycles. The largest absolute Gasteiger partial charge is 0.550 e. The minimum absolute atomic E-state index is 0.0600. The van der Waals surface area contributed by atoms with Crippen LogP contribution in [0.5, 0.6) is 5.88 Å². The highest BCUT2D eigenvalue weighted by Gasteiger charge is 2.38. The number of hydrogen-bond acceptors (Lipinski definition) is 8. The standard InChI is InChI=1S/C25H44N3O3S.C2H4O2/c1-5-8-10-12-13-17-23(29)31-22(7-3)28(4)18-15-16-21(20-28)24-25(27-32-26-24)30-19-14-11-9-6-2;1-2(3)4/h16,22H,5-15,17-20H2,1-4H3;1H3,(H,3,4)/q+1;/p-1. The number of hydrogen-bond donors (Lipinski definition) is 0. The lowest BCUT2D eigenvalue weighted by Gasteiger charge is -2.42. The van der Waals surface area contributed by atoms with Crippen LogP contribution in [0.4, 0.5) is 0 Å². The normalized spacial score (nSPS) is 18.0. The molecule has 1 aliphatic rings.